The van der Waals surface area contributed by atoms with E-state index in [1.165, 1.54) is 56.9 Å². The van der Waals surface area contributed by atoms with E-state index < -0.39 is 0 Å². The SMILES string of the molecule is BrCCCCCCCCCC=Cc1ccccc1. The molecule has 100 valence electrons. The molecule has 0 bridgehead atoms. The molecule has 0 saturated carbocycles. The second-order valence-corrected chi connectivity index (χ2v) is 5.56. The van der Waals surface area contributed by atoms with Gasteiger partial charge in [-0.3, -0.25) is 0 Å². The normalized spacial score (nSPS) is 11.2. The number of allylic oxidation sites excluding steroid dienone is 1. The van der Waals surface area contributed by atoms with E-state index in [9.17, 15) is 0 Å². The zero-order valence-electron chi connectivity index (χ0n) is 11.3. The molecule has 18 heavy (non-hydrogen) atoms. The Kier molecular flexibility index (Phi) is 9.92. The molecule has 1 heteroatoms. The highest BCUT2D eigenvalue weighted by molar-refractivity contribution is 9.09. The third kappa shape index (κ3) is 8.52. The summed E-state index contributed by atoms with van der Waals surface area (Å²) in [6, 6.07) is 10.5. The number of hydrogen-bond acceptors (Lipinski definition) is 0. The Morgan fingerprint density at radius 3 is 2.06 bits per heavy atom. The van der Waals surface area contributed by atoms with Crippen molar-refractivity contribution in [1.82, 2.24) is 0 Å². The lowest BCUT2D eigenvalue weighted by atomic mass is 10.1. The van der Waals surface area contributed by atoms with Gasteiger partial charge in [0.1, 0.15) is 0 Å². The summed E-state index contributed by atoms with van der Waals surface area (Å²) in [4.78, 5) is 0. The smallest absolute Gasteiger partial charge is 0.00313 e. The van der Waals surface area contributed by atoms with Crippen molar-refractivity contribution in [1.29, 1.82) is 0 Å². The third-order valence-electron chi connectivity index (χ3n) is 3.11. The average molecular weight is 309 g/mol. The fraction of sp³-hybridized carbons (Fsp3) is 0.529. The molecule has 0 heterocycles. The Morgan fingerprint density at radius 2 is 1.39 bits per heavy atom. The first-order valence-electron chi connectivity index (χ1n) is 7.21. The van der Waals surface area contributed by atoms with Crippen LogP contribution in [-0.2, 0) is 0 Å². The Balaban J connectivity index is 1.91. The summed E-state index contributed by atoms with van der Waals surface area (Å²) < 4.78 is 0. The molecule has 0 aliphatic heterocycles. The van der Waals surface area contributed by atoms with Crippen molar-refractivity contribution in [3.63, 3.8) is 0 Å². The van der Waals surface area contributed by atoms with Crippen molar-refractivity contribution in [3.05, 3.63) is 42.0 Å². The van der Waals surface area contributed by atoms with E-state index in [-0.39, 0.29) is 0 Å². The first-order valence-corrected chi connectivity index (χ1v) is 8.33. The molecule has 1 aromatic rings. The van der Waals surface area contributed by atoms with Gasteiger partial charge in [-0.25, -0.2) is 0 Å². The lowest BCUT2D eigenvalue weighted by molar-refractivity contribution is 0.594. The molecule has 0 atom stereocenters. The van der Waals surface area contributed by atoms with Crippen molar-refractivity contribution in [2.24, 2.45) is 0 Å². The second-order valence-electron chi connectivity index (χ2n) is 4.77. The molecule has 0 unspecified atom stereocenters. The highest BCUT2D eigenvalue weighted by Gasteiger charge is 1.90. The molecule has 0 aromatic heterocycles. The van der Waals surface area contributed by atoms with Gasteiger partial charge in [-0.2, -0.15) is 0 Å². The van der Waals surface area contributed by atoms with E-state index in [1.54, 1.807) is 0 Å². The van der Waals surface area contributed by atoms with Crippen molar-refractivity contribution in [3.8, 4) is 0 Å². The summed E-state index contributed by atoms with van der Waals surface area (Å²) >= 11 is 3.47. The molecule has 1 aromatic carbocycles. The molecule has 0 aliphatic carbocycles. The first-order chi connectivity index (χ1) is 8.93. The minimum Gasteiger partial charge on any atom is -0.0928 e. The number of hydrogen-bond donors (Lipinski definition) is 0. The molecule has 1 rings (SSSR count). The van der Waals surface area contributed by atoms with Crippen LogP contribution in [0, 0.1) is 0 Å². The summed E-state index contributed by atoms with van der Waals surface area (Å²) in [7, 11) is 0. The average Bonchev–Trinajstić information content (AvgIpc) is 2.42. The van der Waals surface area contributed by atoms with E-state index in [1.807, 2.05) is 0 Å². The van der Waals surface area contributed by atoms with Gasteiger partial charge < -0.3 is 0 Å². The van der Waals surface area contributed by atoms with Crippen LogP contribution in [0.4, 0.5) is 0 Å². The van der Waals surface area contributed by atoms with Crippen molar-refractivity contribution >= 4 is 22.0 Å². The van der Waals surface area contributed by atoms with Gasteiger partial charge in [0.25, 0.3) is 0 Å². The maximum atomic E-state index is 3.47. The maximum Gasteiger partial charge on any atom is 0.00313 e. The fourth-order valence-electron chi connectivity index (χ4n) is 2.02. The van der Waals surface area contributed by atoms with Gasteiger partial charge in [-0.15, -0.1) is 0 Å². The molecule has 0 nitrogen and oxygen atoms in total. The van der Waals surface area contributed by atoms with Crippen LogP contribution >= 0.6 is 15.9 Å². The van der Waals surface area contributed by atoms with Gasteiger partial charge in [-0.05, 0) is 24.8 Å². The van der Waals surface area contributed by atoms with Gasteiger partial charge >= 0.3 is 0 Å². The quantitative estimate of drug-likeness (QED) is 0.356. The number of halogens is 1. The molecular weight excluding hydrogens is 284 g/mol. The van der Waals surface area contributed by atoms with Gasteiger partial charge in [0.2, 0.25) is 0 Å². The zero-order valence-corrected chi connectivity index (χ0v) is 12.9. The fourth-order valence-corrected chi connectivity index (χ4v) is 2.42. The van der Waals surface area contributed by atoms with Crippen molar-refractivity contribution < 1.29 is 0 Å². The zero-order chi connectivity index (χ0) is 12.9. The highest BCUT2D eigenvalue weighted by Crippen LogP contribution is 2.10. The molecule has 0 aliphatic rings. The summed E-state index contributed by atoms with van der Waals surface area (Å²) in [6.07, 6.45) is 15.4. The molecule has 0 fully saturated rings. The summed E-state index contributed by atoms with van der Waals surface area (Å²) in [6.45, 7) is 0. The molecule has 0 spiro atoms. The third-order valence-corrected chi connectivity index (χ3v) is 3.68. The molecular formula is C17H25Br. The number of alkyl halides is 1. The maximum absolute atomic E-state index is 3.47. The van der Waals surface area contributed by atoms with Gasteiger partial charge in [-0.1, -0.05) is 90.5 Å². The van der Waals surface area contributed by atoms with E-state index in [4.69, 9.17) is 0 Å². The van der Waals surface area contributed by atoms with Crippen LogP contribution in [-0.4, -0.2) is 5.33 Å². The number of rotatable bonds is 10. The minimum atomic E-state index is 1.16. The molecule has 0 amide bonds. The predicted molar refractivity (Wildman–Crippen MR) is 86.2 cm³/mol. The molecule has 0 N–H and O–H groups in total. The Hall–Kier alpha value is -0.560. The molecule has 0 radical (unpaired) electrons. The van der Waals surface area contributed by atoms with Crippen LogP contribution < -0.4 is 0 Å². The minimum absolute atomic E-state index is 1.16. The topological polar surface area (TPSA) is 0 Å². The first kappa shape index (κ1) is 15.5. The van der Waals surface area contributed by atoms with Crippen LogP contribution in [0.25, 0.3) is 6.08 Å². The van der Waals surface area contributed by atoms with Gasteiger partial charge in [0.05, 0.1) is 0 Å². The lowest BCUT2D eigenvalue weighted by Gasteiger charge is -1.99. The van der Waals surface area contributed by atoms with E-state index in [0.29, 0.717) is 0 Å². The van der Waals surface area contributed by atoms with Crippen molar-refractivity contribution in [2.45, 2.75) is 51.4 Å². The Morgan fingerprint density at radius 1 is 0.778 bits per heavy atom. The predicted octanol–water partition coefficient (Wildman–Crippen LogP) is 6.22. The van der Waals surface area contributed by atoms with Crippen molar-refractivity contribution in [2.75, 3.05) is 5.33 Å². The van der Waals surface area contributed by atoms with Crippen LogP contribution in [0.1, 0.15) is 56.9 Å². The number of unbranched alkanes of at least 4 members (excludes halogenated alkanes) is 7. The van der Waals surface area contributed by atoms with E-state index in [2.05, 4.69) is 58.4 Å². The summed E-state index contributed by atoms with van der Waals surface area (Å²) in [5.74, 6) is 0. The Bertz CT molecular complexity index is 303. The second kappa shape index (κ2) is 11.5. The van der Waals surface area contributed by atoms with E-state index in [0.717, 1.165) is 5.33 Å². The van der Waals surface area contributed by atoms with Crippen LogP contribution in [0.15, 0.2) is 36.4 Å². The van der Waals surface area contributed by atoms with Crippen LogP contribution in [0.5, 0.6) is 0 Å². The number of benzene rings is 1. The largest absolute Gasteiger partial charge is 0.0928 e. The highest BCUT2D eigenvalue weighted by atomic mass is 79.9. The van der Waals surface area contributed by atoms with Gasteiger partial charge in [0, 0.05) is 5.33 Å². The van der Waals surface area contributed by atoms with Gasteiger partial charge in [0.15, 0.2) is 0 Å². The molecule has 0 saturated heterocycles. The standard InChI is InChI=1S/C17H25Br/c18-16-12-7-5-3-1-2-4-6-9-13-17-14-10-8-11-15-17/h8-11,13-15H,1-7,12,16H2. The monoisotopic (exact) mass is 308 g/mol. The van der Waals surface area contributed by atoms with Crippen LogP contribution in [0.3, 0.4) is 0 Å². The lowest BCUT2D eigenvalue weighted by Crippen LogP contribution is -1.80. The summed E-state index contributed by atoms with van der Waals surface area (Å²) in [5, 5.41) is 1.16. The summed E-state index contributed by atoms with van der Waals surface area (Å²) in [5.41, 5.74) is 1.31. The Labute approximate surface area is 121 Å². The van der Waals surface area contributed by atoms with Crippen LogP contribution in [0.2, 0.25) is 0 Å². The van der Waals surface area contributed by atoms with E-state index >= 15 is 0 Å².